The van der Waals surface area contributed by atoms with Crippen molar-refractivity contribution in [1.82, 2.24) is 4.90 Å². The number of amides is 1. The van der Waals surface area contributed by atoms with E-state index in [1.54, 1.807) is 6.07 Å². The van der Waals surface area contributed by atoms with Gasteiger partial charge in [-0.1, -0.05) is 13.0 Å². The number of carbonyl (C=O) groups is 1. The summed E-state index contributed by atoms with van der Waals surface area (Å²) in [5, 5.41) is 10.0. The molecule has 0 aromatic heterocycles. The largest absolute Gasteiger partial charge is 0.507 e. The van der Waals surface area contributed by atoms with Gasteiger partial charge < -0.3 is 15.6 Å². The van der Waals surface area contributed by atoms with Gasteiger partial charge in [0.05, 0.1) is 12.5 Å². The first-order chi connectivity index (χ1) is 9.60. The molecule has 1 aromatic carbocycles. The Morgan fingerprint density at radius 1 is 1.55 bits per heavy atom. The van der Waals surface area contributed by atoms with Gasteiger partial charge in [-0.15, -0.1) is 0 Å². The van der Waals surface area contributed by atoms with E-state index in [4.69, 9.17) is 10.5 Å². The molecule has 1 fully saturated rings. The molecule has 1 saturated heterocycles. The van der Waals surface area contributed by atoms with E-state index in [2.05, 4.69) is 4.90 Å². The molecule has 1 heterocycles. The Morgan fingerprint density at radius 2 is 2.35 bits per heavy atom. The second-order valence-electron chi connectivity index (χ2n) is 5.26. The van der Waals surface area contributed by atoms with Gasteiger partial charge in [0, 0.05) is 24.7 Å². The number of phenolic OH excluding ortho intramolecular Hbond substituents is 1. The van der Waals surface area contributed by atoms with Gasteiger partial charge in [-0.25, -0.2) is 0 Å². The maximum Gasteiger partial charge on any atom is 0.221 e. The number of nitrogens with two attached hydrogens (primary N) is 1. The van der Waals surface area contributed by atoms with Gasteiger partial charge in [0.15, 0.2) is 0 Å². The third-order valence-corrected chi connectivity index (χ3v) is 3.60. The lowest BCUT2D eigenvalue weighted by molar-refractivity contribution is -0.121. The quantitative estimate of drug-likeness (QED) is 0.826. The van der Waals surface area contributed by atoms with E-state index >= 15 is 0 Å². The average Bonchev–Trinajstić information content (AvgIpc) is 2.88. The molecule has 0 radical (unpaired) electrons. The zero-order valence-corrected chi connectivity index (χ0v) is 11.8. The molecule has 1 amide bonds. The van der Waals surface area contributed by atoms with Crippen LogP contribution in [0.15, 0.2) is 18.2 Å². The number of ether oxygens (including phenoxy) is 1. The Kier molecular flexibility index (Phi) is 4.84. The fourth-order valence-corrected chi connectivity index (χ4v) is 2.44. The molecule has 1 atom stereocenters. The molecule has 1 unspecified atom stereocenters. The van der Waals surface area contributed by atoms with Gasteiger partial charge in [-0.3, -0.25) is 9.69 Å². The first-order valence-electron chi connectivity index (χ1n) is 7.06. The molecule has 2 rings (SSSR count). The first kappa shape index (κ1) is 14.7. The van der Waals surface area contributed by atoms with Crippen molar-refractivity contribution in [3.05, 3.63) is 23.8 Å². The zero-order chi connectivity index (χ0) is 14.5. The molecule has 110 valence electrons. The van der Waals surface area contributed by atoms with Crippen LogP contribution in [-0.4, -0.2) is 35.6 Å². The highest BCUT2D eigenvalue weighted by molar-refractivity contribution is 5.77. The molecule has 0 bridgehead atoms. The van der Waals surface area contributed by atoms with Crippen LogP contribution in [0.4, 0.5) is 0 Å². The summed E-state index contributed by atoms with van der Waals surface area (Å²) in [6.45, 7) is 4.82. The van der Waals surface area contributed by atoms with E-state index in [0.29, 0.717) is 25.4 Å². The van der Waals surface area contributed by atoms with Crippen molar-refractivity contribution in [1.29, 1.82) is 0 Å². The number of aromatic hydroxyl groups is 1. The average molecular weight is 278 g/mol. The number of hydrogen-bond acceptors (Lipinski definition) is 4. The number of likely N-dealkylation sites (tertiary alicyclic amines) is 1. The van der Waals surface area contributed by atoms with E-state index in [1.165, 1.54) is 0 Å². The Balaban J connectivity index is 1.95. The van der Waals surface area contributed by atoms with Gasteiger partial charge in [-0.05, 0) is 25.5 Å². The zero-order valence-electron chi connectivity index (χ0n) is 11.8. The SMILES string of the molecule is CCCOc1ccc(CN2CCC(C(N)=O)C2)c(O)c1. The summed E-state index contributed by atoms with van der Waals surface area (Å²) in [5.41, 5.74) is 6.16. The molecule has 5 nitrogen and oxygen atoms in total. The van der Waals surface area contributed by atoms with Gasteiger partial charge in [0.25, 0.3) is 0 Å². The number of carbonyl (C=O) groups excluding carboxylic acids is 1. The molecule has 1 aliphatic heterocycles. The molecule has 0 saturated carbocycles. The summed E-state index contributed by atoms with van der Waals surface area (Å²) in [7, 11) is 0. The van der Waals surface area contributed by atoms with Crippen LogP contribution in [0.25, 0.3) is 0 Å². The second-order valence-corrected chi connectivity index (χ2v) is 5.26. The lowest BCUT2D eigenvalue weighted by atomic mass is 10.1. The lowest BCUT2D eigenvalue weighted by Gasteiger charge is -2.16. The second kappa shape index (κ2) is 6.61. The molecule has 0 aliphatic carbocycles. The summed E-state index contributed by atoms with van der Waals surface area (Å²) in [4.78, 5) is 13.3. The van der Waals surface area contributed by atoms with Crippen LogP contribution in [-0.2, 0) is 11.3 Å². The minimum atomic E-state index is -0.236. The highest BCUT2D eigenvalue weighted by atomic mass is 16.5. The van der Waals surface area contributed by atoms with E-state index in [9.17, 15) is 9.90 Å². The Hall–Kier alpha value is -1.75. The van der Waals surface area contributed by atoms with Crippen molar-refractivity contribution < 1.29 is 14.6 Å². The lowest BCUT2D eigenvalue weighted by Crippen LogP contribution is -2.27. The van der Waals surface area contributed by atoms with Gasteiger partial charge in [0.1, 0.15) is 11.5 Å². The third-order valence-electron chi connectivity index (χ3n) is 3.60. The van der Waals surface area contributed by atoms with Gasteiger partial charge in [-0.2, -0.15) is 0 Å². The van der Waals surface area contributed by atoms with Crippen LogP contribution in [0.1, 0.15) is 25.3 Å². The molecule has 5 heteroatoms. The van der Waals surface area contributed by atoms with Crippen molar-refractivity contribution >= 4 is 5.91 Å². The summed E-state index contributed by atoms with van der Waals surface area (Å²) in [6.07, 6.45) is 1.73. The predicted molar refractivity (Wildman–Crippen MR) is 76.5 cm³/mol. The Bertz CT molecular complexity index is 476. The molecule has 0 spiro atoms. The maximum absolute atomic E-state index is 11.1. The summed E-state index contributed by atoms with van der Waals surface area (Å²) in [6, 6.07) is 5.39. The number of benzene rings is 1. The van der Waals surface area contributed by atoms with E-state index in [-0.39, 0.29) is 17.6 Å². The smallest absolute Gasteiger partial charge is 0.221 e. The molecule has 3 N–H and O–H groups in total. The summed E-state index contributed by atoms with van der Waals surface area (Å²) >= 11 is 0. The highest BCUT2D eigenvalue weighted by Crippen LogP contribution is 2.27. The van der Waals surface area contributed by atoms with Crippen molar-refractivity contribution in [2.45, 2.75) is 26.3 Å². The Morgan fingerprint density at radius 3 is 2.95 bits per heavy atom. The maximum atomic E-state index is 11.1. The minimum absolute atomic E-state index is 0.0655. The summed E-state index contributed by atoms with van der Waals surface area (Å²) in [5.74, 6) is 0.620. The van der Waals surface area contributed by atoms with Crippen LogP contribution in [0.3, 0.4) is 0 Å². The monoisotopic (exact) mass is 278 g/mol. The number of phenols is 1. The molecular weight excluding hydrogens is 256 g/mol. The topological polar surface area (TPSA) is 75.8 Å². The van der Waals surface area contributed by atoms with Crippen LogP contribution in [0.5, 0.6) is 11.5 Å². The summed E-state index contributed by atoms with van der Waals surface area (Å²) < 4.78 is 5.47. The Labute approximate surface area is 119 Å². The van der Waals surface area contributed by atoms with Crippen LogP contribution in [0, 0.1) is 5.92 Å². The van der Waals surface area contributed by atoms with Crippen LogP contribution < -0.4 is 10.5 Å². The van der Waals surface area contributed by atoms with Crippen molar-refractivity contribution in [2.75, 3.05) is 19.7 Å². The molecule has 20 heavy (non-hydrogen) atoms. The van der Waals surface area contributed by atoms with Crippen LogP contribution >= 0.6 is 0 Å². The first-order valence-corrected chi connectivity index (χ1v) is 7.06. The van der Waals surface area contributed by atoms with Crippen molar-refractivity contribution in [3.8, 4) is 11.5 Å². The van der Waals surface area contributed by atoms with Crippen LogP contribution in [0.2, 0.25) is 0 Å². The highest BCUT2D eigenvalue weighted by Gasteiger charge is 2.26. The fourth-order valence-electron chi connectivity index (χ4n) is 2.44. The third kappa shape index (κ3) is 3.63. The van der Waals surface area contributed by atoms with E-state index in [0.717, 1.165) is 24.9 Å². The number of nitrogens with zero attached hydrogens (tertiary/aromatic N) is 1. The van der Waals surface area contributed by atoms with E-state index < -0.39 is 0 Å². The standard InChI is InChI=1S/C15H22N2O3/c1-2-7-20-13-4-3-11(14(18)8-13)9-17-6-5-12(10-17)15(16)19/h3-4,8,12,18H,2,5-7,9-10H2,1H3,(H2,16,19). The van der Waals surface area contributed by atoms with Crippen molar-refractivity contribution in [2.24, 2.45) is 11.7 Å². The van der Waals surface area contributed by atoms with E-state index in [1.807, 2.05) is 19.1 Å². The predicted octanol–water partition coefficient (Wildman–Crippen LogP) is 1.49. The molecule has 1 aliphatic rings. The number of primary amides is 1. The molecular formula is C15H22N2O3. The minimum Gasteiger partial charge on any atom is -0.507 e. The normalized spacial score (nSPS) is 19.1. The van der Waals surface area contributed by atoms with Gasteiger partial charge in [0.2, 0.25) is 5.91 Å². The molecule has 1 aromatic rings. The number of rotatable bonds is 6. The van der Waals surface area contributed by atoms with Crippen molar-refractivity contribution in [3.63, 3.8) is 0 Å². The number of hydrogen-bond donors (Lipinski definition) is 2. The fraction of sp³-hybridized carbons (Fsp3) is 0.533. The van der Waals surface area contributed by atoms with Gasteiger partial charge >= 0.3 is 0 Å².